The van der Waals surface area contributed by atoms with Gasteiger partial charge in [-0.15, -0.1) is 0 Å². The summed E-state index contributed by atoms with van der Waals surface area (Å²) in [6.07, 6.45) is 1.88. The number of carbonyl (C=O) groups is 1. The highest BCUT2D eigenvalue weighted by molar-refractivity contribution is 5.71. The second-order valence-corrected chi connectivity index (χ2v) is 5.13. The Kier molecular flexibility index (Phi) is 3.78. The number of ether oxygens (including phenoxy) is 3. The van der Waals surface area contributed by atoms with Gasteiger partial charge in [0.25, 0.3) is 0 Å². The monoisotopic (exact) mass is 278 g/mol. The van der Waals surface area contributed by atoms with E-state index in [1.807, 2.05) is 18.2 Å². The van der Waals surface area contributed by atoms with E-state index in [1.165, 1.54) is 0 Å². The van der Waals surface area contributed by atoms with Crippen LogP contribution in [-0.4, -0.2) is 30.9 Å². The molecule has 108 valence electrons. The summed E-state index contributed by atoms with van der Waals surface area (Å²) in [5.74, 6) is 0.0996. The highest BCUT2D eigenvalue weighted by Gasteiger charge is 2.33. The van der Waals surface area contributed by atoms with Crippen molar-refractivity contribution >= 4 is 5.97 Å². The summed E-state index contributed by atoms with van der Waals surface area (Å²) < 4.78 is 16.9. The van der Waals surface area contributed by atoms with Gasteiger partial charge >= 0.3 is 5.97 Å². The van der Waals surface area contributed by atoms with Crippen molar-refractivity contribution in [2.75, 3.05) is 19.8 Å². The van der Waals surface area contributed by atoms with Gasteiger partial charge in [0.15, 0.2) is 11.5 Å². The molecule has 20 heavy (non-hydrogen) atoms. The number of hydrogen-bond donors (Lipinski definition) is 1. The number of fused-ring (bicyclic) bond motifs is 1. The van der Waals surface area contributed by atoms with Gasteiger partial charge in [0.05, 0.1) is 25.2 Å². The maximum atomic E-state index is 11.3. The minimum Gasteiger partial charge on any atom is -0.490 e. The molecule has 1 aromatic carbocycles. The van der Waals surface area contributed by atoms with E-state index in [1.54, 1.807) is 0 Å². The average molecular weight is 278 g/mol. The van der Waals surface area contributed by atoms with Crippen LogP contribution >= 0.6 is 0 Å². The van der Waals surface area contributed by atoms with Gasteiger partial charge in [-0.1, -0.05) is 6.07 Å². The normalized spacial score (nSPS) is 25.8. The first-order chi connectivity index (χ1) is 9.75. The maximum Gasteiger partial charge on any atom is 0.309 e. The number of hydrogen-bond acceptors (Lipinski definition) is 4. The Morgan fingerprint density at radius 2 is 1.90 bits per heavy atom. The molecule has 0 bridgehead atoms. The van der Waals surface area contributed by atoms with E-state index in [0.29, 0.717) is 37.7 Å². The van der Waals surface area contributed by atoms with Crippen LogP contribution in [0, 0.1) is 5.92 Å². The minimum absolute atomic E-state index is 0.404. The van der Waals surface area contributed by atoms with Crippen molar-refractivity contribution in [3.8, 4) is 11.5 Å². The Morgan fingerprint density at radius 3 is 2.70 bits per heavy atom. The van der Waals surface area contributed by atoms with E-state index < -0.39 is 18.0 Å². The molecule has 1 saturated heterocycles. The minimum atomic E-state index is -0.804. The molecular weight excluding hydrogens is 260 g/mol. The third-order valence-electron chi connectivity index (χ3n) is 3.74. The molecule has 2 unspecified atom stereocenters. The number of carboxylic acid groups (broad SMARTS) is 1. The van der Waals surface area contributed by atoms with Crippen LogP contribution in [0.1, 0.15) is 30.9 Å². The quantitative estimate of drug-likeness (QED) is 0.900. The van der Waals surface area contributed by atoms with Gasteiger partial charge in [-0.05, 0) is 30.5 Å². The second-order valence-electron chi connectivity index (χ2n) is 5.13. The molecule has 5 heteroatoms. The molecule has 1 aromatic rings. The van der Waals surface area contributed by atoms with Crippen LogP contribution in [0.2, 0.25) is 0 Å². The van der Waals surface area contributed by atoms with Crippen LogP contribution in [0.3, 0.4) is 0 Å². The van der Waals surface area contributed by atoms with Gasteiger partial charge in [-0.2, -0.15) is 0 Å². The van der Waals surface area contributed by atoms with E-state index >= 15 is 0 Å². The van der Waals surface area contributed by atoms with Gasteiger partial charge in [0, 0.05) is 13.0 Å². The smallest absolute Gasteiger partial charge is 0.309 e. The Labute approximate surface area is 117 Å². The lowest BCUT2D eigenvalue weighted by Crippen LogP contribution is -2.28. The van der Waals surface area contributed by atoms with Gasteiger partial charge < -0.3 is 19.3 Å². The van der Waals surface area contributed by atoms with Crippen molar-refractivity contribution < 1.29 is 24.1 Å². The average Bonchev–Trinajstić information content (AvgIpc) is 2.71. The zero-order chi connectivity index (χ0) is 13.9. The molecule has 2 atom stereocenters. The zero-order valence-corrected chi connectivity index (χ0v) is 11.2. The third-order valence-corrected chi connectivity index (χ3v) is 3.74. The summed E-state index contributed by atoms with van der Waals surface area (Å²) in [6.45, 7) is 1.86. The molecule has 2 heterocycles. The highest BCUT2D eigenvalue weighted by Crippen LogP contribution is 2.38. The molecule has 5 nitrogen and oxygen atoms in total. The molecule has 0 saturated carbocycles. The lowest BCUT2D eigenvalue weighted by atomic mass is 9.89. The molecular formula is C15H18O5. The SMILES string of the molecule is O=C(O)C1CCCOC1c1ccc2c(c1)OCCCO2. The molecule has 2 aliphatic heterocycles. The maximum absolute atomic E-state index is 11.3. The van der Waals surface area contributed by atoms with E-state index in [-0.39, 0.29) is 0 Å². The molecule has 2 aliphatic rings. The molecule has 1 N–H and O–H groups in total. The van der Waals surface area contributed by atoms with Crippen LogP contribution in [0.4, 0.5) is 0 Å². The fraction of sp³-hybridized carbons (Fsp3) is 0.533. The van der Waals surface area contributed by atoms with E-state index in [0.717, 1.165) is 18.4 Å². The van der Waals surface area contributed by atoms with Gasteiger partial charge in [-0.25, -0.2) is 0 Å². The summed E-state index contributed by atoms with van der Waals surface area (Å²) in [5.41, 5.74) is 0.848. The second kappa shape index (κ2) is 5.71. The van der Waals surface area contributed by atoms with Crippen LogP contribution in [-0.2, 0) is 9.53 Å². The van der Waals surface area contributed by atoms with E-state index in [2.05, 4.69) is 0 Å². The summed E-state index contributed by atoms with van der Waals surface area (Å²) in [6, 6.07) is 5.57. The first-order valence-electron chi connectivity index (χ1n) is 6.99. The van der Waals surface area contributed by atoms with Crippen molar-refractivity contribution in [2.24, 2.45) is 5.92 Å². The Hall–Kier alpha value is -1.75. The molecule has 0 aliphatic carbocycles. The standard InChI is InChI=1S/C15H18O5/c16-15(17)11-3-1-6-20-14(11)10-4-5-12-13(9-10)19-8-2-7-18-12/h4-5,9,11,14H,1-3,6-8H2,(H,16,17). The van der Waals surface area contributed by atoms with Crippen molar-refractivity contribution in [1.82, 2.24) is 0 Å². The van der Waals surface area contributed by atoms with Crippen LogP contribution in [0.15, 0.2) is 18.2 Å². The Bertz CT molecular complexity index is 499. The predicted molar refractivity (Wildman–Crippen MR) is 71.1 cm³/mol. The molecule has 0 aromatic heterocycles. The number of aliphatic carboxylic acids is 1. The summed E-state index contributed by atoms with van der Waals surface area (Å²) in [7, 11) is 0. The van der Waals surface area contributed by atoms with Crippen molar-refractivity contribution in [3.05, 3.63) is 23.8 Å². The van der Waals surface area contributed by atoms with Crippen molar-refractivity contribution in [2.45, 2.75) is 25.4 Å². The number of benzene rings is 1. The van der Waals surface area contributed by atoms with Crippen LogP contribution in [0.5, 0.6) is 11.5 Å². The largest absolute Gasteiger partial charge is 0.490 e. The summed E-state index contributed by atoms with van der Waals surface area (Å²) in [5, 5.41) is 9.32. The zero-order valence-electron chi connectivity index (χ0n) is 11.2. The Balaban J connectivity index is 1.89. The van der Waals surface area contributed by atoms with Gasteiger partial charge in [0.2, 0.25) is 0 Å². The molecule has 0 spiro atoms. The van der Waals surface area contributed by atoms with Crippen LogP contribution in [0.25, 0.3) is 0 Å². The third kappa shape index (κ3) is 2.58. The first-order valence-corrected chi connectivity index (χ1v) is 6.99. The van der Waals surface area contributed by atoms with Crippen molar-refractivity contribution in [3.63, 3.8) is 0 Å². The lowest BCUT2D eigenvalue weighted by molar-refractivity contribution is -0.151. The fourth-order valence-corrected chi connectivity index (χ4v) is 2.72. The van der Waals surface area contributed by atoms with Gasteiger partial charge in [-0.3, -0.25) is 4.79 Å². The molecule has 0 amide bonds. The van der Waals surface area contributed by atoms with Crippen LogP contribution < -0.4 is 9.47 Å². The fourth-order valence-electron chi connectivity index (χ4n) is 2.72. The highest BCUT2D eigenvalue weighted by atomic mass is 16.5. The molecule has 3 rings (SSSR count). The summed E-state index contributed by atoms with van der Waals surface area (Å²) >= 11 is 0. The first kappa shape index (κ1) is 13.2. The molecule has 1 fully saturated rings. The van der Waals surface area contributed by atoms with E-state index in [4.69, 9.17) is 14.2 Å². The van der Waals surface area contributed by atoms with Crippen molar-refractivity contribution in [1.29, 1.82) is 0 Å². The summed E-state index contributed by atoms with van der Waals surface area (Å²) in [4.78, 5) is 11.3. The number of rotatable bonds is 2. The van der Waals surface area contributed by atoms with Gasteiger partial charge in [0.1, 0.15) is 0 Å². The number of carboxylic acids is 1. The lowest BCUT2D eigenvalue weighted by Gasteiger charge is -2.29. The molecule has 0 radical (unpaired) electrons. The predicted octanol–water partition coefficient (Wildman–Crippen LogP) is 2.40. The van der Waals surface area contributed by atoms with E-state index in [9.17, 15) is 9.90 Å². The Morgan fingerprint density at radius 1 is 1.10 bits per heavy atom. The topological polar surface area (TPSA) is 65.0 Å².